The number of carbonyl (C=O) groups excluding carboxylic acids is 1. The quantitative estimate of drug-likeness (QED) is 0.321. The average Bonchev–Trinajstić information content (AvgIpc) is 3.38. The lowest BCUT2D eigenvalue weighted by Crippen LogP contribution is -2.37. The van der Waals surface area contributed by atoms with Crippen molar-refractivity contribution in [2.24, 2.45) is 4.99 Å². The highest BCUT2D eigenvalue weighted by Crippen LogP contribution is 2.21. The number of guanidine groups is 1. The van der Waals surface area contributed by atoms with Gasteiger partial charge in [0.05, 0.1) is 19.9 Å². The predicted octanol–water partition coefficient (Wildman–Crippen LogP) is 4.08. The van der Waals surface area contributed by atoms with Crippen molar-refractivity contribution in [1.82, 2.24) is 16.0 Å². The highest BCUT2D eigenvalue weighted by Gasteiger charge is 2.09. The van der Waals surface area contributed by atoms with Crippen molar-refractivity contribution in [2.75, 3.05) is 20.7 Å². The van der Waals surface area contributed by atoms with E-state index in [1.807, 2.05) is 36.4 Å². The fraction of sp³-hybridized carbons (Fsp3) is 0.308. The Labute approximate surface area is 195 Å². The van der Waals surface area contributed by atoms with Gasteiger partial charge in [0.1, 0.15) is 11.5 Å². The zero-order valence-corrected chi connectivity index (χ0v) is 19.4. The Morgan fingerprint density at radius 3 is 2.55 bits per heavy atom. The second kappa shape index (κ2) is 12.3. The fourth-order valence-corrected chi connectivity index (χ4v) is 3.42. The zero-order valence-electron chi connectivity index (χ0n) is 19.4. The van der Waals surface area contributed by atoms with Gasteiger partial charge in [0.15, 0.2) is 5.96 Å². The first kappa shape index (κ1) is 23.9. The SMILES string of the molecule is CN=C(NCCC(C)c1ccc(OC)cc1)NCc1cccc(C(=O)NCc2ccco2)c1. The second-order valence-corrected chi connectivity index (χ2v) is 7.78. The van der Waals surface area contributed by atoms with Crippen LogP contribution in [0.1, 0.15) is 46.5 Å². The van der Waals surface area contributed by atoms with Crippen LogP contribution in [0.4, 0.5) is 0 Å². The molecule has 1 amide bonds. The molecule has 0 radical (unpaired) electrons. The van der Waals surface area contributed by atoms with Gasteiger partial charge in [-0.3, -0.25) is 9.79 Å². The molecule has 3 N–H and O–H groups in total. The Kier molecular flexibility index (Phi) is 8.94. The Bertz CT molecular complexity index is 1030. The second-order valence-electron chi connectivity index (χ2n) is 7.78. The predicted molar refractivity (Wildman–Crippen MR) is 131 cm³/mol. The maximum atomic E-state index is 12.4. The number of benzene rings is 2. The molecule has 0 bridgehead atoms. The maximum Gasteiger partial charge on any atom is 0.251 e. The lowest BCUT2D eigenvalue weighted by molar-refractivity contribution is 0.0948. The Morgan fingerprint density at radius 2 is 1.85 bits per heavy atom. The minimum atomic E-state index is -0.136. The summed E-state index contributed by atoms with van der Waals surface area (Å²) in [6.45, 7) is 3.93. The van der Waals surface area contributed by atoms with Gasteiger partial charge in [-0.15, -0.1) is 0 Å². The van der Waals surface area contributed by atoms with E-state index in [-0.39, 0.29) is 5.91 Å². The molecule has 3 rings (SSSR count). The van der Waals surface area contributed by atoms with Crippen LogP contribution in [0.3, 0.4) is 0 Å². The summed E-state index contributed by atoms with van der Waals surface area (Å²) in [6.07, 6.45) is 2.56. The molecule has 0 aliphatic rings. The zero-order chi connectivity index (χ0) is 23.5. The molecule has 3 aromatic rings. The van der Waals surface area contributed by atoms with Crippen LogP contribution in [0, 0.1) is 0 Å². The Balaban J connectivity index is 1.44. The number of hydrogen-bond acceptors (Lipinski definition) is 4. The number of rotatable bonds is 10. The molecule has 174 valence electrons. The van der Waals surface area contributed by atoms with Crippen molar-refractivity contribution in [2.45, 2.75) is 32.4 Å². The van der Waals surface area contributed by atoms with Crippen LogP contribution >= 0.6 is 0 Å². The van der Waals surface area contributed by atoms with Gasteiger partial charge in [-0.05, 0) is 59.9 Å². The van der Waals surface area contributed by atoms with Gasteiger partial charge < -0.3 is 25.1 Å². The summed E-state index contributed by atoms with van der Waals surface area (Å²) in [6, 6.07) is 19.4. The third kappa shape index (κ3) is 7.42. The highest BCUT2D eigenvalue weighted by atomic mass is 16.5. The van der Waals surface area contributed by atoms with Crippen LogP contribution < -0.4 is 20.7 Å². The van der Waals surface area contributed by atoms with Gasteiger partial charge in [0, 0.05) is 25.7 Å². The molecule has 0 fully saturated rings. The molecule has 0 saturated carbocycles. The van der Waals surface area contributed by atoms with E-state index < -0.39 is 0 Å². The van der Waals surface area contributed by atoms with Crippen LogP contribution in [0.2, 0.25) is 0 Å². The first-order valence-corrected chi connectivity index (χ1v) is 11.1. The normalized spacial score (nSPS) is 12.2. The van der Waals surface area contributed by atoms with E-state index in [1.54, 1.807) is 32.6 Å². The summed E-state index contributed by atoms with van der Waals surface area (Å²) >= 11 is 0. The molecule has 1 atom stereocenters. The van der Waals surface area contributed by atoms with Gasteiger partial charge in [-0.2, -0.15) is 0 Å². The van der Waals surface area contributed by atoms with Crippen LogP contribution in [-0.4, -0.2) is 32.6 Å². The number of ether oxygens (including phenoxy) is 1. The molecule has 1 heterocycles. The number of aliphatic imine (C=N–C) groups is 1. The molecule has 2 aromatic carbocycles. The number of hydrogen-bond donors (Lipinski definition) is 3. The van der Waals surface area contributed by atoms with Crippen molar-refractivity contribution in [3.05, 3.63) is 89.4 Å². The van der Waals surface area contributed by atoms with Crippen LogP contribution in [0.15, 0.2) is 76.3 Å². The summed E-state index contributed by atoms with van der Waals surface area (Å²) in [5.41, 5.74) is 2.88. The average molecular weight is 449 g/mol. The lowest BCUT2D eigenvalue weighted by Gasteiger charge is -2.16. The third-order valence-electron chi connectivity index (χ3n) is 5.43. The van der Waals surface area contributed by atoms with Crippen molar-refractivity contribution >= 4 is 11.9 Å². The maximum absolute atomic E-state index is 12.4. The molecule has 0 aliphatic heterocycles. The minimum Gasteiger partial charge on any atom is -0.497 e. The molecule has 1 unspecified atom stereocenters. The number of carbonyl (C=O) groups is 1. The van der Waals surface area contributed by atoms with Crippen LogP contribution in [0.5, 0.6) is 5.75 Å². The highest BCUT2D eigenvalue weighted by molar-refractivity contribution is 5.94. The van der Waals surface area contributed by atoms with E-state index in [9.17, 15) is 4.79 Å². The van der Waals surface area contributed by atoms with Gasteiger partial charge in [-0.25, -0.2) is 0 Å². The van der Waals surface area contributed by atoms with E-state index in [4.69, 9.17) is 9.15 Å². The first-order valence-electron chi connectivity index (χ1n) is 11.1. The summed E-state index contributed by atoms with van der Waals surface area (Å²) in [7, 11) is 3.43. The Morgan fingerprint density at radius 1 is 1.03 bits per heavy atom. The number of nitrogens with zero attached hydrogens (tertiary/aromatic N) is 1. The molecule has 7 heteroatoms. The molecule has 0 saturated heterocycles. The third-order valence-corrected chi connectivity index (χ3v) is 5.43. The Hall–Kier alpha value is -3.74. The number of amides is 1. The summed E-state index contributed by atoms with van der Waals surface area (Å²) in [5.74, 6) is 2.59. The van der Waals surface area contributed by atoms with E-state index in [2.05, 4.69) is 40.0 Å². The molecule has 7 nitrogen and oxygen atoms in total. The van der Waals surface area contributed by atoms with Gasteiger partial charge in [-0.1, -0.05) is 31.2 Å². The van der Waals surface area contributed by atoms with Crippen LogP contribution in [-0.2, 0) is 13.1 Å². The van der Waals surface area contributed by atoms with E-state index in [0.717, 1.165) is 36.0 Å². The summed E-state index contributed by atoms with van der Waals surface area (Å²) in [4.78, 5) is 16.7. The minimum absolute atomic E-state index is 0.136. The van der Waals surface area contributed by atoms with Gasteiger partial charge in [0.2, 0.25) is 0 Å². The van der Waals surface area contributed by atoms with Crippen molar-refractivity contribution in [1.29, 1.82) is 0 Å². The van der Waals surface area contributed by atoms with E-state index in [0.29, 0.717) is 24.6 Å². The first-order chi connectivity index (χ1) is 16.1. The number of methoxy groups -OCH3 is 1. The molecule has 0 spiro atoms. The molecular weight excluding hydrogens is 416 g/mol. The standard InChI is InChI=1S/C26H32N4O3/c1-19(21-9-11-23(32-3)12-10-21)13-14-28-26(27-2)30-17-20-6-4-7-22(16-20)25(31)29-18-24-8-5-15-33-24/h4-12,15-16,19H,13-14,17-18H2,1-3H3,(H,29,31)(H2,27,28,30). The summed E-state index contributed by atoms with van der Waals surface area (Å²) in [5, 5.41) is 9.54. The largest absolute Gasteiger partial charge is 0.497 e. The molecular formula is C26H32N4O3. The van der Waals surface area contributed by atoms with Crippen LogP contribution in [0.25, 0.3) is 0 Å². The number of nitrogens with one attached hydrogen (secondary N) is 3. The summed E-state index contributed by atoms with van der Waals surface area (Å²) < 4.78 is 10.5. The monoisotopic (exact) mass is 448 g/mol. The molecule has 33 heavy (non-hydrogen) atoms. The fourth-order valence-electron chi connectivity index (χ4n) is 3.42. The van der Waals surface area contributed by atoms with E-state index in [1.165, 1.54) is 5.56 Å². The number of furan rings is 1. The lowest BCUT2D eigenvalue weighted by atomic mass is 9.98. The van der Waals surface area contributed by atoms with Crippen molar-refractivity contribution in [3.63, 3.8) is 0 Å². The molecule has 1 aromatic heterocycles. The molecule has 0 aliphatic carbocycles. The van der Waals surface area contributed by atoms with Gasteiger partial charge in [0.25, 0.3) is 5.91 Å². The van der Waals surface area contributed by atoms with E-state index >= 15 is 0 Å². The van der Waals surface area contributed by atoms with Gasteiger partial charge >= 0.3 is 0 Å². The topological polar surface area (TPSA) is 87.9 Å². The van der Waals surface area contributed by atoms with Crippen molar-refractivity contribution < 1.29 is 13.9 Å². The smallest absolute Gasteiger partial charge is 0.251 e. The van der Waals surface area contributed by atoms with Crippen molar-refractivity contribution in [3.8, 4) is 5.75 Å².